The zero-order valence-electron chi connectivity index (χ0n) is 16.7. The molecular formula is C24H21N3O2S. The van der Waals surface area contributed by atoms with Crippen molar-refractivity contribution in [3.05, 3.63) is 89.1 Å². The molecule has 2 aromatic carbocycles. The predicted octanol–water partition coefficient (Wildman–Crippen LogP) is 5.49. The molecule has 0 radical (unpaired) electrons. The number of rotatable bonds is 5. The molecule has 0 aliphatic carbocycles. The first kappa shape index (κ1) is 19.9. The zero-order valence-corrected chi connectivity index (χ0v) is 17.5. The highest BCUT2D eigenvalue weighted by atomic mass is 32.1. The standard InChI is InChI=1S/C24H21N3O2S/c1-15-7-6-10-18(13-15)21-22(30-24(27-21)16(2)28)19-11-12-25-20(14-19)26-23(29)17-8-4-3-5-9-17/h3-14,16,28H,1-2H3,(H,25,26,29). The molecule has 1 atom stereocenters. The fourth-order valence-corrected chi connectivity index (χ4v) is 4.14. The van der Waals surface area contributed by atoms with Crippen LogP contribution in [0.4, 0.5) is 5.82 Å². The van der Waals surface area contributed by atoms with Gasteiger partial charge >= 0.3 is 0 Å². The number of aromatic nitrogens is 2. The van der Waals surface area contributed by atoms with Gasteiger partial charge in [-0.05, 0) is 49.7 Å². The van der Waals surface area contributed by atoms with Crippen molar-refractivity contribution in [3.63, 3.8) is 0 Å². The number of hydrogen-bond acceptors (Lipinski definition) is 5. The summed E-state index contributed by atoms with van der Waals surface area (Å²) in [6.07, 6.45) is 1.00. The molecule has 4 aromatic rings. The van der Waals surface area contributed by atoms with E-state index >= 15 is 0 Å². The number of hydrogen-bond donors (Lipinski definition) is 2. The molecule has 1 unspecified atom stereocenters. The number of carbonyl (C=O) groups is 1. The van der Waals surface area contributed by atoms with Gasteiger partial charge in [-0.15, -0.1) is 11.3 Å². The highest BCUT2D eigenvalue weighted by Crippen LogP contribution is 2.39. The lowest BCUT2D eigenvalue weighted by Crippen LogP contribution is -2.12. The van der Waals surface area contributed by atoms with Crippen molar-refractivity contribution in [1.29, 1.82) is 0 Å². The second-order valence-electron chi connectivity index (χ2n) is 7.03. The minimum atomic E-state index is -0.661. The van der Waals surface area contributed by atoms with Crippen molar-refractivity contribution in [1.82, 2.24) is 9.97 Å². The summed E-state index contributed by atoms with van der Waals surface area (Å²) in [7, 11) is 0. The number of nitrogens with zero attached hydrogens (tertiary/aromatic N) is 2. The SMILES string of the molecule is Cc1cccc(-c2nc(C(C)O)sc2-c2ccnc(NC(=O)c3ccccc3)c2)c1. The van der Waals surface area contributed by atoms with E-state index in [2.05, 4.69) is 16.4 Å². The van der Waals surface area contributed by atoms with E-state index in [-0.39, 0.29) is 5.91 Å². The number of thiazole rings is 1. The van der Waals surface area contributed by atoms with Crippen LogP contribution < -0.4 is 5.32 Å². The Bertz CT molecular complexity index is 1190. The molecule has 1 amide bonds. The molecule has 4 rings (SSSR count). The molecule has 150 valence electrons. The number of aliphatic hydroxyl groups is 1. The summed E-state index contributed by atoms with van der Waals surface area (Å²) in [4.78, 5) is 22.4. The zero-order chi connectivity index (χ0) is 21.1. The largest absolute Gasteiger partial charge is 0.386 e. The van der Waals surface area contributed by atoms with E-state index in [1.54, 1.807) is 25.3 Å². The maximum absolute atomic E-state index is 12.5. The third-order valence-electron chi connectivity index (χ3n) is 4.59. The van der Waals surface area contributed by atoms with Gasteiger partial charge in [0.05, 0.1) is 10.6 Å². The summed E-state index contributed by atoms with van der Waals surface area (Å²) >= 11 is 1.44. The van der Waals surface area contributed by atoms with Crippen molar-refractivity contribution in [2.24, 2.45) is 0 Å². The molecule has 0 fully saturated rings. The second kappa shape index (κ2) is 8.57. The van der Waals surface area contributed by atoms with Crippen LogP contribution in [0.2, 0.25) is 0 Å². The first-order valence-corrected chi connectivity index (χ1v) is 10.4. The average Bonchev–Trinajstić information content (AvgIpc) is 3.21. The summed E-state index contributed by atoms with van der Waals surface area (Å²) in [5.41, 5.74) is 4.38. The summed E-state index contributed by atoms with van der Waals surface area (Å²) in [5.74, 6) is 0.247. The van der Waals surface area contributed by atoms with Crippen LogP contribution in [0.15, 0.2) is 72.9 Å². The Morgan fingerprint density at radius 1 is 1.03 bits per heavy atom. The Hall–Kier alpha value is -3.35. The smallest absolute Gasteiger partial charge is 0.256 e. The topological polar surface area (TPSA) is 75.1 Å². The minimum Gasteiger partial charge on any atom is -0.386 e. The monoisotopic (exact) mass is 415 g/mol. The summed E-state index contributed by atoms with van der Waals surface area (Å²) < 4.78 is 0. The van der Waals surface area contributed by atoms with Crippen LogP contribution in [0.25, 0.3) is 21.7 Å². The highest BCUT2D eigenvalue weighted by molar-refractivity contribution is 7.15. The van der Waals surface area contributed by atoms with Gasteiger partial charge < -0.3 is 10.4 Å². The number of pyridine rings is 1. The lowest BCUT2D eigenvalue weighted by molar-refractivity contribution is 0.102. The first-order valence-electron chi connectivity index (χ1n) is 9.60. The van der Waals surface area contributed by atoms with E-state index in [9.17, 15) is 9.90 Å². The fourth-order valence-electron chi connectivity index (χ4n) is 3.12. The molecular weight excluding hydrogens is 394 g/mol. The molecule has 0 saturated carbocycles. The minimum absolute atomic E-state index is 0.215. The molecule has 2 heterocycles. The Balaban J connectivity index is 1.72. The highest BCUT2D eigenvalue weighted by Gasteiger charge is 2.18. The van der Waals surface area contributed by atoms with Gasteiger partial charge in [-0.3, -0.25) is 4.79 Å². The normalized spacial score (nSPS) is 11.8. The molecule has 2 N–H and O–H groups in total. The van der Waals surface area contributed by atoms with Crippen LogP contribution in [-0.4, -0.2) is 21.0 Å². The molecule has 0 bridgehead atoms. The molecule has 0 aliphatic heterocycles. The van der Waals surface area contributed by atoms with E-state index in [0.29, 0.717) is 16.4 Å². The molecule has 30 heavy (non-hydrogen) atoms. The van der Waals surface area contributed by atoms with Gasteiger partial charge in [0.15, 0.2) is 0 Å². The van der Waals surface area contributed by atoms with Gasteiger partial charge in [0.25, 0.3) is 5.91 Å². The molecule has 5 nitrogen and oxygen atoms in total. The maximum Gasteiger partial charge on any atom is 0.256 e. The van der Waals surface area contributed by atoms with Crippen LogP contribution in [-0.2, 0) is 0 Å². The van der Waals surface area contributed by atoms with Gasteiger partial charge in [-0.25, -0.2) is 9.97 Å². The maximum atomic E-state index is 12.5. The molecule has 2 aromatic heterocycles. The fraction of sp³-hybridized carbons (Fsp3) is 0.125. The van der Waals surface area contributed by atoms with Crippen LogP contribution in [0, 0.1) is 6.92 Å². The van der Waals surface area contributed by atoms with Crippen LogP contribution >= 0.6 is 11.3 Å². The van der Waals surface area contributed by atoms with Crippen molar-refractivity contribution in [2.75, 3.05) is 5.32 Å². The average molecular weight is 416 g/mol. The van der Waals surface area contributed by atoms with Gasteiger partial charge in [0, 0.05) is 17.3 Å². The van der Waals surface area contributed by atoms with Crippen molar-refractivity contribution in [3.8, 4) is 21.7 Å². The lowest BCUT2D eigenvalue weighted by atomic mass is 10.1. The molecule has 6 heteroatoms. The molecule has 0 spiro atoms. The third kappa shape index (κ3) is 4.30. The van der Waals surface area contributed by atoms with Crippen molar-refractivity contribution < 1.29 is 9.90 Å². The summed E-state index contributed by atoms with van der Waals surface area (Å²) in [5, 5.41) is 13.6. The van der Waals surface area contributed by atoms with E-state index in [1.165, 1.54) is 11.3 Å². The van der Waals surface area contributed by atoms with E-state index in [0.717, 1.165) is 27.3 Å². The number of amides is 1. The third-order valence-corrected chi connectivity index (χ3v) is 5.87. The summed E-state index contributed by atoms with van der Waals surface area (Å²) in [6.45, 7) is 3.75. The number of nitrogens with one attached hydrogen (secondary N) is 1. The van der Waals surface area contributed by atoms with Gasteiger partial charge in [-0.2, -0.15) is 0 Å². The Morgan fingerprint density at radius 3 is 2.57 bits per heavy atom. The van der Waals surface area contributed by atoms with Crippen molar-refractivity contribution >= 4 is 23.1 Å². The van der Waals surface area contributed by atoms with Gasteiger partial charge in [-0.1, -0.05) is 42.0 Å². The Labute approximate surface area is 179 Å². The predicted molar refractivity (Wildman–Crippen MR) is 121 cm³/mol. The molecule has 0 aliphatic rings. The Morgan fingerprint density at radius 2 is 1.83 bits per heavy atom. The van der Waals surface area contributed by atoms with Gasteiger partial charge in [0.1, 0.15) is 16.9 Å². The number of aryl methyl sites for hydroxylation is 1. The number of anilines is 1. The number of carbonyl (C=O) groups excluding carboxylic acids is 1. The van der Waals surface area contributed by atoms with E-state index < -0.39 is 6.10 Å². The van der Waals surface area contributed by atoms with Crippen LogP contribution in [0.5, 0.6) is 0 Å². The van der Waals surface area contributed by atoms with Crippen LogP contribution in [0.3, 0.4) is 0 Å². The van der Waals surface area contributed by atoms with E-state index in [1.807, 2.05) is 55.5 Å². The van der Waals surface area contributed by atoms with Crippen molar-refractivity contribution in [2.45, 2.75) is 20.0 Å². The lowest BCUT2D eigenvalue weighted by Gasteiger charge is -2.07. The van der Waals surface area contributed by atoms with Gasteiger partial charge in [0.2, 0.25) is 0 Å². The first-order chi connectivity index (χ1) is 14.5. The van der Waals surface area contributed by atoms with E-state index in [4.69, 9.17) is 4.98 Å². The molecule has 0 saturated heterocycles. The van der Waals surface area contributed by atoms with Crippen LogP contribution in [0.1, 0.15) is 34.0 Å². The second-order valence-corrected chi connectivity index (χ2v) is 8.06. The quantitative estimate of drug-likeness (QED) is 0.452. The number of benzene rings is 2. The summed E-state index contributed by atoms with van der Waals surface area (Å²) in [6, 6.07) is 20.9. The Kier molecular flexibility index (Phi) is 5.70. The number of aliphatic hydroxyl groups excluding tert-OH is 1.